The first kappa shape index (κ1) is 14.0. The molecule has 104 valence electrons. The molecule has 0 aliphatic rings. The summed E-state index contributed by atoms with van der Waals surface area (Å²) in [5.41, 5.74) is 6.82. The van der Waals surface area contributed by atoms with Gasteiger partial charge in [-0.25, -0.2) is 13.4 Å². The standard InChI is InChI=1S/C11H15N3O3S2/c1-18(15)7-6-14-8-4-3-5-9(19(2,16)17)10(8)13-11(14)12/h3-5H,6-7H2,1-2H3,(H2,12,13). The molecule has 0 saturated heterocycles. The lowest BCUT2D eigenvalue weighted by molar-refractivity contribution is 0.602. The Hall–Kier alpha value is -1.41. The van der Waals surface area contributed by atoms with Gasteiger partial charge in [0, 0.05) is 35.6 Å². The Balaban J connectivity index is 2.62. The number of nitrogens with zero attached hydrogens (tertiary/aromatic N) is 2. The van der Waals surface area contributed by atoms with Crippen molar-refractivity contribution in [1.29, 1.82) is 0 Å². The van der Waals surface area contributed by atoms with Gasteiger partial charge in [-0.1, -0.05) is 6.07 Å². The largest absolute Gasteiger partial charge is 0.369 e. The molecule has 0 fully saturated rings. The molecule has 0 aliphatic carbocycles. The van der Waals surface area contributed by atoms with Gasteiger partial charge in [0.15, 0.2) is 9.84 Å². The van der Waals surface area contributed by atoms with E-state index in [2.05, 4.69) is 4.98 Å². The van der Waals surface area contributed by atoms with Crippen molar-refractivity contribution in [2.24, 2.45) is 0 Å². The monoisotopic (exact) mass is 301 g/mol. The maximum atomic E-state index is 11.7. The van der Waals surface area contributed by atoms with E-state index < -0.39 is 20.6 Å². The van der Waals surface area contributed by atoms with E-state index in [1.165, 1.54) is 6.07 Å². The Kier molecular flexibility index (Phi) is 3.64. The summed E-state index contributed by atoms with van der Waals surface area (Å²) in [4.78, 5) is 4.28. The predicted molar refractivity (Wildman–Crippen MR) is 76.2 cm³/mol. The SMILES string of the molecule is CS(=O)CCn1c(N)nc2c(S(C)(=O)=O)cccc21. The predicted octanol–water partition coefficient (Wildman–Crippen LogP) is 0.401. The van der Waals surface area contributed by atoms with Gasteiger partial charge < -0.3 is 10.3 Å². The summed E-state index contributed by atoms with van der Waals surface area (Å²) in [6.45, 7) is 0.443. The van der Waals surface area contributed by atoms with E-state index in [0.29, 0.717) is 23.3 Å². The van der Waals surface area contributed by atoms with Gasteiger partial charge in [0.25, 0.3) is 0 Å². The van der Waals surface area contributed by atoms with E-state index in [9.17, 15) is 12.6 Å². The molecule has 0 bridgehead atoms. The van der Waals surface area contributed by atoms with Crippen molar-refractivity contribution in [3.05, 3.63) is 18.2 Å². The number of anilines is 1. The van der Waals surface area contributed by atoms with Crippen molar-refractivity contribution in [3.63, 3.8) is 0 Å². The van der Waals surface area contributed by atoms with Crippen LogP contribution in [0.5, 0.6) is 0 Å². The fourth-order valence-corrected chi connectivity index (χ4v) is 3.16. The van der Waals surface area contributed by atoms with E-state index in [-0.39, 0.29) is 10.8 Å². The molecule has 0 spiro atoms. The first-order chi connectivity index (χ1) is 8.80. The Morgan fingerprint density at radius 3 is 2.68 bits per heavy atom. The maximum Gasteiger partial charge on any atom is 0.201 e. The Morgan fingerprint density at radius 1 is 1.42 bits per heavy atom. The zero-order valence-electron chi connectivity index (χ0n) is 10.7. The number of aromatic nitrogens is 2. The van der Waals surface area contributed by atoms with Crippen molar-refractivity contribution >= 4 is 37.6 Å². The second kappa shape index (κ2) is 4.93. The summed E-state index contributed by atoms with van der Waals surface area (Å²) < 4.78 is 36.2. The second-order valence-corrected chi connectivity index (χ2v) is 7.83. The Labute approximate surface area is 114 Å². The van der Waals surface area contributed by atoms with Crippen molar-refractivity contribution in [3.8, 4) is 0 Å². The van der Waals surface area contributed by atoms with Crippen LogP contribution in [0.15, 0.2) is 23.1 Å². The fourth-order valence-electron chi connectivity index (χ4n) is 1.89. The number of rotatable bonds is 4. The van der Waals surface area contributed by atoms with Crippen LogP contribution in [0.2, 0.25) is 0 Å². The third kappa shape index (κ3) is 2.79. The number of sulfone groups is 1. The van der Waals surface area contributed by atoms with Gasteiger partial charge in [-0.05, 0) is 12.1 Å². The number of fused-ring (bicyclic) bond motifs is 1. The molecule has 1 unspecified atom stereocenters. The first-order valence-electron chi connectivity index (χ1n) is 5.55. The first-order valence-corrected chi connectivity index (χ1v) is 9.17. The van der Waals surface area contributed by atoms with Crippen molar-refractivity contribution in [2.45, 2.75) is 11.4 Å². The van der Waals surface area contributed by atoms with E-state index >= 15 is 0 Å². The van der Waals surface area contributed by atoms with Crippen molar-refractivity contribution in [2.75, 3.05) is 24.0 Å². The molecule has 2 aromatic rings. The van der Waals surface area contributed by atoms with Crippen LogP contribution in [-0.2, 0) is 27.2 Å². The van der Waals surface area contributed by atoms with E-state index in [4.69, 9.17) is 5.73 Å². The summed E-state index contributed by atoms with van der Waals surface area (Å²) in [7, 11) is -4.30. The van der Waals surface area contributed by atoms with Gasteiger partial charge in [-0.2, -0.15) is 0 Å². The smallest absolute Gasteiger partial charge is 0.201 e. The normalized spacial score (nSPS) is 13.8. The summed E-state index contributed by atoms with van der Waals surface area (Å²) >= 11 is 0. The van der Waals surface area contributed by atoms with Crippen LogP contribution in [0, 0.1) is 0 Å². The Morgan fingerprint density at radius 2 is 2.11 bits per heavy atom. The van der Waals surface area contributed by atoms with Crippen LogP contribution in [0.3, 0.4) is 0 Å². The van der Waals surface area contributed by atoms with Crippen molar-refractivity contribution < 1.29 is 12.6 Å². The molecule has 0 saturated carbocycles. The maximum absolute atomic E-state index is 11.7. The lowest BCUT2D eigenvalue weighted by atomic mass is 10.3. The molecule has 2 rings (SSSR count). The molecule has 1 aromatic heterocycles. The minimum atomic E-state index is -3.36. The minimum absolute atomic E-state index is 0.160. The molecule has 19 heavy (non-hydrogen) atoms. The molecule has 0 amide bonds. The molecule has 1 atom stereocenters. The lowest BCUT2D eigenvalue weighted by Crippen LogP contribution is -2.09. The van der Waals surface area contributed by atoms with E-state index in [0.717, 1.165) is 6.26 Å². The van der Waals surface area contributed by atoms with Crippen LogP contribution >= 0.6 is 0 Å². The van der Waals surface area contributed by atoms with Crippen LogP contribution in [0.4, 0.5) is 5.95 Å². The molecule has 0 radical (unpaired) electrons. The van der Waals surface area contributed by atoms with Crippen molar-refractivity contribution in [1.82, 2.24) is 9.55 Å². The van der Waals surface area contributed by atoms with Gasteiger partial charge in [-0.3, -0.25) is 4.21 Å². The topological polar surface area (TPSA) is 95.0 Å². The van der Waals surface area contributed by atoms with Gasteiger partial charge in [-0.15, -0.1) is 0 Å². The molecule has 6 nitrogen and oxygen atoms in total. The highest BCUT2D eigenvalue weighted by Gasteiger charge is 2.17. The zero-order chi connectivity index (χ0) is 14.2. The summed E-state index contributed by atoms with van der Waals surface area (Å²) in [5.74, 6) is 0.676. The fraction of sp³-hybridized carbons (Fsp3) is 0.364. The van der Waals surface area contributed by atoms with Crippen LogP contribution in [0.1, 0.15) is 0 Å². The number of imidazole rings is 1. The highest BCUT2D eigenvalue weighted by molar-refractivity contribution is 7.91. The average molecular weight is 301 g/mol. The second-order valence-electron chi connectivity index (χ2n) is 4.30. The molecular formula is C11H15N3O3S2. The number of hydrogen-bond donors (Lipinski definition) is 1. The highest BCUT2D eigenvalue weighted by atomic mass is 32.2. The number of hydrogen-bond acceptors (Lipinski definition) is 5. The summed E-state index contributed by atoms with van der Waals surface area (Å²) in [6, 6.07) is 4.91. The minimum Gasteiger partial charge on any atom is -0.369 e. The average Bonchev–Trinajstić information content (AvgIpc) is 2.60. The van der Waals surface area contributed by atoms with Gasteiger partial charge >= 0.3 is 0 Å². The third-order valence-corrected chi connectivity index (χ3v) is 4.66. The lowest BCUT2D eigenvalue weighted by Gasteiger charge is -2.05. The molecule has 1 heterocycles. The number of para-hydroxylation sites is 1. The van der Waals surface area contributed by atoms with Gasteiger partial charge in [0.1, 0.15) is 5.52 Å². The number of nitrogens with two attached hydrogens (primary N) is 1. The third-order valence-electron chi connectivity index (χ3n) is 2.77. The van der Waals surface area contributed by atoms with Crippen LogP contribution in [-0.4, -0.2) is 40.4 Å². The zero-order valence-corrected chi connectivity index (χ0v) is 12.3. The number of nitrogen functional groups attached to an aromatic ring is 1. The van der Waals surface area contributed by atoms with E-state index in [1.807, 2.05) is 0 Å². The molecule has 0 aliphatic heterocycles. The quantitative estimate of drug-likeness (QED) is 0.882. The molecular weight excluding hydrogens is 286 g/mol. The highest BCUT2D eigenvalue weighted by Crippen LogP contribution is 2.24. The van der Waals surface area contributed by atoms with E-state index in [1.54, 1.807) is 23.0 Å². The number of aryl methyl sites for hydroxylation is 1. The molecule has 1 aromatic carbocycles. The van der Waals surface area contributed by atoms with Gasteiger partial charge in [0.2, 0.25) is 5.95 Å². The van der Waals surface area contributed by atoms with Crippen LogP contribution < -0.4 is 5.73 Å². The molecule has 2 N–H and O–H groups in total. The Bertz CT molecular complexity index is 750. The number of benzene rings is 1. The van der Waals surface area contributed by atoms with Gasteiger partial charge in [0.05, 0.1) is 10.4 Å². The van der Waals surface area contributed by atoms with Crippen LogP contribution in [0.25, 0.3) is 11.0 Å². The summed E-state index contributed by atoms with van der Waals surface area (Å²) in [6.07, 6.45) is 2.75. The molecule has 8 heteroatoms. The summed E-state index contributed by atoms with van der Waals surface area (Å²) in [5, 5.41) is 0.